The number of rotatable bonds is 4. The third-order valence-electron chi connectivity index (χ3n) is 4.76. The minimum Gasteiger partial charge on any atom is -0.302 e. The lowest BCUT2D eigenvalue weighted by Gasteiger charge is -2.26. The number of aromatic nitrogens is 2. The standard InChI is InChI=1S/C19H20ClN3OS/c20-16-13-15-17(14-7-3-1-4-8-14)21-19(24)23(18(15)25-16)12-11-22-9-5-2-6-10-22/h1,3-4,7-8,13H,2,5-6,9-12H2. The van der Waals surface area contributed by atoms with Gasteiger partial charge in [0.05, 0.1) is 10.0 Å². The Bertz CT molecular complexity index is 929. The van der Waals surface area contributed by atoms with Gasteiger partial charge in [0.25, 0.3) is 0 Å². The van der Waals surface area contributed by atoms with Crippen molar-refractivity contribution in [1.82, 2.24) is 14.5 Å². The Morgan fingerprint density at radius 1 is 1.08 bits per heavy atom. The van der Waals surface area contributed by atoms with E-state index < -0.39 is 0 Å². The molecule has 0 spiro atoms. The van der Waals surface area contributed by atoms with E-state index in [2.05, 4.69) is 9.88 Å². The average molecular weight is 374 g/mol. The highest BCUT2D eigenvalue weighted by molar-refractivity contribution is 7.22. The molecule has 25 heavy (non-hydrogen) atoms. The number of nitrogens with zero attached hydrogens (tertiary/aromatic N) is 3. The van der Waals surface area contributed by atoms with E-state index in [0.29, 0.717) is 10.9 Å². The lowest BCUT2D eigenvalue weighted by Crippen LogP contribution is -2.35. The minimum atomic E-state index is -0.193. The number of hydrogen-bond acceptors (Lipinski definition) is 4. The van der Waals surface area contributed by atoms with Crippen LogP contribution in [0.2, 0.25) is 4.34 Å². The Kier molecular flexibility index (Phi) is 4.88. The molecule has 0 amide bonds. The zero-order valence-corrected chi connectivity index (χ0v) is 15.5. The van der Waals surface area contributed by atoms with Gasteiger partial charge in [-0.1, -0.05) is 48.4 Å². The summed E-state index contributed by atoms with van der Waals surface area (Å²) >= 11 is 7.74. The third kappa shape index (κ3) is 3.50. The number of benzene rings is 1. The van der Waals surface area contributed by atoms with Gasteiger partial charge in [0.1, 0.15) is 4.83 Å². The lowest BCUT2D eigenvalue weighted by atomic mass is 10.1. The second-order valence-electron chi connectivity index (χ2n) is 6.43. The predicted molar refractivity (Wildman–Crippen MR) is 105 cm³/mol. The van der Waals surface area contributed by atoms with Crippen molar-refractivity contribution < 1.29 is 0 Å². The van der Waals surface area contributed by atoms with Gasteiger partial charge in [-0.3, -0.25) is 4.57 Å². The van der Waals surface area contributed by atoms with Crippen LogP contribution in [-0.2, 0) is 6.54 Å². The molecule has 0 N–H and O–H groups in total. The molecular formula is C19H20ClN3OS. The topological polar surface area (TPSA) is 38.1 Å². The fraction of sp³-hybridized carbons (Fsp3) is 0.368. The second kappa shape index (κ2) is 7.28. The molecule has 4 nitrogen and oxygen atoms in total. The third-order valence-corrected chi connectivity index (χ3v) is 6.04. The summed E-state index contributed by atoms with van der Waals surface area (Å²) < 4.78 is 2.47. The van der Waals surface area contributed by atoms with Gasteiger partial charge in [-0.2, -0.15) is 4.98 Å². The van der Waals surface area contributed by atoms with Crippen LogP contribution in [0.3, 0.4) is 0 Å². The maximum Gasteiger partial charge on any atom is 0.349 e. The monoisotopic (exact) mass is 373 g/mol. The summed E-state index contributed by atoms with van der Waals surface area (Å²) in [5.41, 5.74) is 1.47. The fourth-order valence-corrected chi connectivity index (χ4v) is 4.70. The summed E-state index contributed by atoms with van der Waals surface area (Å²) in [5.74, 6) is 0. The molecule has 1 fully saturated rings. The van der Waals surface area contributed by atoms with Crippen LogP contribution in [0.1, 0.15) is 19.3 Å². The lowest BCUT2D eigenvalue weighted by molar-refractivity contribution is 0.221. The average Bonchev–Trinajstić information content (AvgIpc) is 3.03. The molecule has 0 radical (unpaired) electrons. The first-order chi connectivity index (χ1) is 12.2. The summed E-state index contributed by atoms with van der Waals surface area (Å²) in [5, 5.41) is 0.958. The summed E-state index contributed by atoms with van der Waals surface area (Å²) in [6.45, 7) is 3.79. The Balaban J connectivity index is 1.73. The van der Waals surface area contributed by atoms with E-state index in [-0.39, 0.29) is 5.69 Å². The Morgan fingerprint density at radius 2 is 1.84 bits per heavy atom. The molecule has 3 heterocycles. The normalized spacial score (nSPS) is 15.7. The van der Waals surface area contributed by atoms with E-state index in [0.717, 1.165) is 41.1 Å². The maximum absolute atomic E-state index is 12.7. The quantitative estimate of drug-likeness (QED) is 0.685. The van der Waals surface area contributed by atoms with Crippen LogP contribution in [0.5, 0.6) is 0 Å². The van der Waals surface area contributed by atoms with Crippen molar-refractivity contribution in [3.05, 3.63) is 51.2 Å². The van der Waals surface area contributed by atoms with Crippen molar-refractivity contribution in [3.63, 3.8) is 0 Å². The number of halogens is 1. The van der Waals surface area contributed by atoms with Crippen LogP contribution < -0.4 is 5.69 Å². The number of fused-ring (bicyclic) bond motifs is 1. The molecule has 1 aliphatic heterocycles. The highest BCUT2D eigenvalue weighted by atomic mass is 35.5. The van der Waals surface area contributed by atoms with Crippen molar-refractivity contribution in [3.8, 4) is 11.3 Å². The van der Waals surface area contributed by atoms with Gasteiger partial charge in [0, 0.05) is 24.0 Å². The first-order valence-electron chi connectivity index (χ1n) is 8.70. The van der Waals surface area contributed by atoms with Crippen LogP contribution in [0.15, 0.2) is 41.2 Å². The molecule has 1 aliphatic rings. The molecular weight excluding hydrogens is 354 g/mol. The van der Waals surface area contributed by atoms with Gasteiger partial charge in [-0.15, -0.1) is 11.3 Å². The van der Waals surface area contributed by atoms with Crippen LogP contribution in [0.4, 0.5) is 0 Å². The molecule has 6 heteroatoms. The molecule has 4 rings (SSSR count). The van der Waals surface area contributed by atoms with E-state index in [4.69, 9.17) is 11.6 Å². The SMILES string of the molecule is O=c1nc(-c2ccccc2)c2cc(Cl)sc2n1CCN1CCCCC1. The van der Waals surface area contributed by atoms with Gasteiger partial charge in [0.15, 0.2) is 0 Å². The van der Waals surface area contributed by atoms with Crippen LogP contribution >= 0.6 is 22.9 Å². The van der Waals surface area contributed by atoms with Gasteiger partial charge in [-0.05, 0) is 32.0 Å². The highest BCUT2D eigenvalue weighted by Crippen LogP contribution is 2.34. The molecule has 0 saturated carbocycles. The van der Waals surface area contributed by atoms with Crippen LogP contribution in [0, 0.1) is 0 Å². The molecule has 0 bridgehead atoms. The highest BCUT2D eigenvalue weighted by Gasteiger charge is 2.16. The van der Waals surface area contributed by atoms with Gasteiger partial charge in [0.2, 0.25) is 0 Å². The Hall–Kier alpha value is -1.69. The molecule has 0 aliphatic carbocycles. The van der Waals surface area contributed by atoms with Crippen molar-refractivity contribution >= 4 is 33.2 Å². The smallest absolute Gasteiger partial charge is 0.302 e. The van der Waals surface area contributed by atoms with E-state index in [9.17, 15) is 4.79 Å². The Labute approximate surface area is 155 Å². The number of hydrogen-bond donors (Lipinski definition) is 0. The second-order valence-corrected chi connectivity index (χ2v) is 8.09. The van der Waals surface area contributed by atoms with Crippen LogP contribution in [0.25, 0.3) is 21.5 Å². The summed E-state index contributed by atoms with van der Waals surface area (Å²) in [7, 11) is 0. The van der Waals surface area contributed by atoms with E-state index in [1.165, 1.54) is 30.6 Å². The van der Waals surface area contributed by atoms with Gasteiger partial charge >= 0.3 is 5.69 Å². The molecule has 0 atom stereocenters. The van der Waals surface area contributed by atoms with Crippen molar-refractivity contribution in [1.29, 1.82) is 0 Å². The minimum absolute atomic E-state index is 0.193. The van der Waals surface area contributed by atoms with E-state index in [1.807, 2.05) is 36.4 Å². The first-order valence-corrected chi connectivity index (χ1v) is 9.89. The number of thiophene rings is 1. The molecule has 3 aromatic rings. The van der Waals surface area contributed by atoms with E-state index in [1.54, 1.807) is 4.57 Å². The summed E-state index contributed by atoms with van der Waals surface area (Å²) in [6, 6.07) is 11.8. The van der Waals surface area contributed by atoms with Crippen molar-refractivity contribution in [2.75, 3.05) is 19.6 Å². The molecule has 130 valence electrons. The number of piperidine rings is 1. The van der Waals surface area contributed by atoms with E-state index >= 15 is 0 Å². The fourth-order valence-electron chi connectivity index (χ4n) is 3.46. The van der Waals surface area contributed by atoms with Gasteiger partial charge < -0.3 is 4.90 Å². The maximum atomic E-state index is 12.7. The molecule has 0 unspecified atom stereocenters. The summed E-state index contributed by atoms with van der Waals surface area (Å²) in [6.07, 6.45) is 3.81. The predicted octanol–water partition coefficient (Wildman–Crippen LogP) is 4.26. The molecule has 2 aromatic heterocycles. The zero-order valence-electron chi connectivity index (χ0n) is 13.9. The summed E-state index contributed by atoms with van der Waals surface area (Å²) in [4.78, 5) is 20.4. The van der Waals surface area contributed by atoms with Crippen molar-refractivity contribution in [2.45, 2.75) is 25.8 Å². The Morgan fingerprint density at radius 3 is 2.60 bits per heavy atom. The molecule has 1 aromatic carbocycles. The van der Waals surface area contributed by atoms with Crippen molar-refractivity contribution in [2.24, 2.45) is 0 Å². The largest absolute Gasteiger partial charge is 0.349 e. The first kappa shape index (κ1) is 16.8. The van der Waals surface area contributed by atoms with Gasteiger partial charge in [-0.25, -0.2) is 4.79 Å². The zero-order chi connectivity index (χ0) is 17.2. The van der Waals surface area contributed by atoms with Crippen LogP contribution in [-0.4, -0.2) is 34.1 Å². The number of likely N-dealkylation sites (tertiary alicyclic amines) is 1. The molecule has 1 saturated heterocycles.